The standard InChI is InChI=1S/C13H17ClO3/c1-9(7-14)8-17-13-6-11(16-3)4-5-12(13)10(2)15/h4-7,10,15H,8H2,1-3H3/b9-7+. The van der Waals surface area contributed by atoms with Crippen LogP contribution >= 0.6 is 11.6 Å². The minimum absolute atomic E-state index is 0.385. The number of halogens is 1. The van der Waals surface area contributed by atoms with Gasteiger partial charge >= 0.3 is 0 Å². The molecule has 0 heterocycles. The second-order valence-corrected chi connectivity index (χ2v) is 4.04. The quantitative estimate of drug-likeness (QED) is 0.879. The monoisotopic (exact) mass is 256 g/mol. The largest absolute Gasteiger partial charge is 0.497 e. The van der Waals surface area contributed by atoms with Gasteiger partial charge in [-0.1, -0.05) is 11.6 Å². The highest BCUT2D eigenvalue weighted by Gasteiger charge is 2.10. The lowest BCUT2D eigenvalue weighted by atomic mass is 10.1. The Kier molecular flexibility index (Phi) is 5.32. The van der Waals surface area contributed by atoms with Crippen LogP contribution in [0.25, 0.3) is 0 Å². The van der Waals surface area contributed by atoms with Crippen LogP contribution in [0.2, 0.25) is 0 Å². The smallest absolute Gasteiger partial charge is 0.129 e. The molecular weight excluding hydrogens is 240 g/mol. The third kappa shape index (κ3) is 3.95. The molecule has 94 valence electrons. The van der Waals surface area contributed by atoms with Crippen LogP contribution in [0.4, 0.5) is 0 Å². The summed E-state index contributed by atoms with van der Waals surface area (Å²) < 4.78 is 10.7. The molecule has 0 aliphatic rings. The molecule has 0 aliphatic carbocycles. The van der Waals surface area contributed by atoms with E-state index in [-0.39, 0.29) is 0 Å². The van der Waals surface area contributed by atoms with Crippen molar-refractivity contribution in [2.45, 2.75) is 20.0 Å². The van der Waals surface area contributed by atoms with E-state index in [9.17, 15) is 5.11 Å². The first-order chi connectivity index (χ1) is 8.08. The number of aliphatic hydroxyl groups excluding tert-OH is 1. The average molecular weight is 257 g/mol. The third-order valence-corrected chi connectivity index (χ3v) is 2.68. The van der Waals surface area contributed by atoms with E-state index in [1.807, 2.05) is 6.92 Å². The Hall–Kier alpha value is -1.19. The lowest BCUT2D eigenvalue weighted by molar-refractivity contribution is 0.192. The van der Waals surface area contributed by atoms with Crippen molar-refractivity contribution in [3.8, 4) is 11.5 Å². The highest BCUT2D eigenvalue weighted by molar-refractivity contribution is 6.25. The topological polar surface area (TPSA) is 38.7 Å². The highest BCUT2D eigenvalue weighted by atomic mass is 35.5. The number of methoxy groups -OCH3 is 1. The van der Waals surface area contributed by atoms with Crippen molar-refractivity contribution >= 4 is 11.6 Å². The summed E-state index contributed by atoms with van der Waals surface area (Å²) in [5.74, 6) is 1.30. The zero-order chi connectivity index (χ0) is 12.8. The molecule has 1 rings (SSSR count). The fourth-order valence-corrected chi connectivity index (χ4v) is 1.40. The fraction of sp³-hybridized carbons (Fsp3) is 0.385. The van der Waals surface area contributed by atoms with E-state index < -0.39 is 6.10 Å². The van der Waals surface area contributed by atoms with Crippen LogP contribution in [0.15, 0.2) is 29.3 Å². The summed E-state index contributed by atoms with van der Waals surface area (Å²) in [4.78, 5) is 0. The molecule has 0 bridgehead atoms. The van der Waals surface area contributed by atoms with Crippen LogP contribution in [0.3, 0.4) is 0 Å². The van der Waals surface area contributed by atoms with Gasteiger partial charge in [-0.3, -0.25) is 0 Å². The van der Waals surface area contributed by atoms with Crippen molar-refractivity contribution in [2.75, 3.05) is 13.7 Å². The predicted molar refractivity (Wildman–Crippen MR) is 68.7 cm³/mol. The van der Waals surface area contributed by atoms with Gasteiger partial charge in [0.05, 0.1) is 13.2 Å². The van der Waals surface area contributed by atoms with Crippen LogP contribution < -0.4 is 9.47 Å². The lowest BCUT2D eigenvalue weighted by Gasteiger charge is -2.14. The molecule has 3 nitrogen and oxygen atoms in total. The SMILES string of the molecule is COc1ccc(C(C)O)c(OC/C(C)=C/Cl)c1. The van der Waals surface area contributed by atoms with E-state index in [2.05, 4.69) is 0 Å². The van der Waals surface area contributed by atoms with Crippen LogP contribution in [0.5, 0.6) is 11.5 Å². The zero-order valence-corrected chi connectivity index (χ0v) is 11.0. The summed E-state index contributed by atoms with van der Waals surface area (Å²) in [6.45, 7) is 3.95. The minimum Gasteiger partial charge on any atom is -0.497 e. The summed E-state index contributed by atoms with van der Waals surface area (Å²) in [6, 6.07) is 5.33. The Labute approximate surface area is 107 Å². The van der Waals surface area contributed by atoms with E-state index >= 15 is 0 Å². The van der Waals surface area contributed by atoms with E-state index in [0.717, 1.165) is 11.1 Å². The van der Waals surface area contributed by atoms with Crippen LogP contribution in [-0.4, -0.2) is 18.8 Å². The number of rotatable bonds is 5. The van der Waals surface area contributed by atoms with E-state index in [4.69, 9.17) is 21.1 Å². The molecule has 0 fully saturated rings. The number of hydrogen-bond donors (Lipinski definition) is 1. The van der Waals surface area contributed by atoms with Crippen molar-refractivity contribution < 1.29 is 14.6 Å². The summed E-state index contributed by atoms with van der Waals surface area (Å²) >= 11 is 5.56. The minimum atomic E-state index is -0.587. The number of benzene rings is 1. The average Bonchev–Trinajstić information content (AvgIpc) is 2.35. The molecule has 4 heteroatoms. The first-order valence-electron chi connectivity index (χ1n) is 5.33. The third-order valence-electron chi connectivity index (χ3n) is 2.31. The molecule has 0 spiro atoms. The van der Waals surface area contributed by atoms with Crippen LogP contribution in [0.1, 0.15) is 25.5 Å². The van der Waals surface area contributed by atoms with Crippen molar-refractivity contribution in [2.24, 2.45) is 0 Å². The molecule has 0 radical (unpaired) electrons. The molecule has 0 saturated carbocycles. The fourth-order valence-electron chi connectivity index (χ4n) is 1.33. The second-order valence-electron chi connectivity index (χ2n) is 3.82. The molecule has 17 heavy (non-hydrogen) atoms. The Balaban J connectivity index is 2.93. The van der Waals surface area contributed by atoms with Crippen LogP contribution in [-0.2, 0) is 0 Å². The maximum atomic E-state index is 9.63. The second kappa shape index (κ2) is 6.52. The molecule has 0 saturated heterocycles. The summed E-state index contributed by atoms with van der Waals surface area (Å²) in [6.07, 6.45) is -0.587. The van der Waals surface area contributed by atoms with Gasteiger partial charge in [0.2, 0.25) is 0 Å². The number of hydrogen-bond acceptors (Lipinski definition) is 3. The van der Waals surface area contributed by atoms with Gasteiger partial charge in [-0.05, 0) is 31.6 Å². The van der Waals surface area contributed by atoms with Gasteiger partial charge in [0.1, 0.15) is 18.1 Å². The normalized spacial score (nSPS) is 13.4. The van der Waals surface area contributed by atoms with Gasteiger partial charge in [-0.2, -0.15) is 0 Å². The molecule has 0 amide bonds. The summed E-state index contributed by atoms with van der Waals surface area (Å²) in [5.41, 5.74) is 3.11. The zero-order valence-electron chi connectivity index (χ0n) is 10.2. The van der Waals surface area contributed by atoms with Gasteiger partial charge in [0, 0.05) is 17.2 Å². The number of ether oxygens (including phenoxy) is 2. The molecular formula is C13H17ClO3. The Morgan fingerprint density at radius 1 is 1.53 bits per heavy atom. The Bertz CT molecular complexity index is 400. The van der Waals surface area contributed by atoms with E-state index in [1.54, 1.807) is 32.2 Å². The molecule has 1 aromatic carbocycles. The molecule has 0 aliphatic heterocycles. The van der Waals surface area contributed by atoms with Crippen molar-refractivity contribution in [3.63, 3.8) is 0 Å². The number of aliphatic hydroxyl groups is 1. The van der Waals surface area contributed by atoms with Crippen molar-refractivity contribution in [1.82, 2.24) is 0 Å². The van der Waals surface area contributed by atoms with Crippen molar-refractivity contribution in [3.05, 3.63) is 34.9 Å². The molecule has 0 aromatic heterocycles. The van der Waals surface area contributed by atoms with Gasteiger partial charge in [-0.25, -0.2) is 0 Å². The Morgan fingerprint density at radius 3 is 2.76 bits per heavy atom. The first kappa shape index (κ1) is 13.9. The van der Waals surface area contributed by atoms with Gasteiger partial charge in [0.25, 0.3) is 0 Å². The van der Waals surface area contributed by atoms with Gasteiger partial charge in [0.15, 0.2) is 0 Å². The predicted octanol–water partition coefficient (Wildman–Crippen LogP) is 3.27. The molecule has 1 aromatic rings. The lowest BCUT2D eigenvalue weighted by Crippen LogP contribution is -2.03. The molecule has 1 atom stereocenters. The maximum Gasteiger partial charge on any atom is 0.129 e. The summed E-state index contributed by atoms with van der Waals surface area (Å²) in [7, 11) is 1.59. The molecule has 1 unspecified atom stereocenters. The highest BCUT2D eigenvalue weighted by Crippen LogP contribution is 2.29. The van der Waals surface area contributed by atoms with Crippen LogP contribution in [0, 0.1) is 0 Å². The van der Waals surface area contributed by atoms with Gasteiger partial charge < -0.3 is 14.6 Å². The van der Waals surface area contributed by atoms with E-state index in [0.29, 0.717) is 18.1 Å². The summed E-state index contributed by atoms with van der Waals surface area (Å²) in [5, 5.41) is 9.63. The van der Waals surface area contributed by atoms with E-state index in [1.165, 1.54) is 5.54 Å². The molecule has 1 N–H and O–H groups in total. The first-order valence-corrected chi connectivity index (χ1v) is 5.76. The van der Waals surface area contributed by atoms with Crippen molar-refractivity contribution in [1.29, 1.82) is 0 Å². The maximum absolute atomic E-state index is 9.63. The van der Waals surface area contributed by atoms with Gasteiger partial charge in [-0.15, -0.1) is 0 Å². The Morgan fingerprint density at radius 2 is 2.24 bits per heavy atom.